The van der Waals surface area contributed by atoms with E-state index in [2.05, 4.69) is 0 Å². The van der Waals surface area contributed by atoms with Crippen molar-refractivity contribution in [2.45, 2.75) is 70.0 Å². The first kappa shape index (κ1) is 12.5. The summed E-state index contributed by atoms with van der Waals surface area (Å²) in [5.74, 6) is -1.49. The van der Waals surface area contributed by atoms with E-state index in [0.717, 1.165) is 6.29 Å². The van der Waals surface area contributed by atoms with Crippen LogP contribution in [-0.4, -0.2) is 48.6 Å². The van der Waals surface area contributed by atoms with Gasteiger partial charge in [0.2, 0.25) is 0 Å². The molecule has 3 aliphatic heterocycles. The first-order valence-corrected chi connectivity index (χ1v) is 6.13. The van der Waals surface area contributed by atoms with Crippen molar-refractivity contribution in [1.29, 1.82) is 0 Å². The van der Waals surface area contributed by atoms with Crippen molar-refractivity contribution < 1.29 is 28.5 Å². The molecule has 0 radical (unpaired) electrons. The number of carbonyl (C=O) groups is 1. The van der Waals surface area contributed by atoms with Crippen molar-refractivity contribution in [3.05, 3.63) is 0 Å². The second-order valence-electron chi connectivity index (χ2n) is 5.77. The number of aldehydes is 1. The molecule has 0 N–H and O–H groups in total. The second kappa shape index (κ2) is 3.74. The van der Waals surface area contributed by atoms with E-state index in [-0.39, 0.29) is 12.2 Å². The van der Waals surface area contributed by atoms with E-state index in [1.165, 1.54) is 0 Å². The molecule has 0 aromatic rings. The Bertz CT molecular complexity index is 366. The molecule has 0 bridgehead atoms. The Balaban J connectivity index is 1.89. The predicted molar refractivity (Wildman–Crippen MR) is 58.6 cm³/mol. The molecule has 3 heterocycles. The smallest absolute Gasteiger partial charge is 0.190 e. The quantitative estimate of drug-likeness (QED) is 0.641. The lowest BCUT2D eigenvalue weighted by atomic mass is 10.00. The number of fused-ring (bicyclic) bond motifs is 3. The molecule has 6 nitrogen and oxygen atoms in total. The lowest BCUT2D eigenvalue weighted by Crippen LogP contribution is -2.55. The summed E-state index contributed by atoms with van der Waals surface area (Å²) in [5.41, 5.74) is 0. The van der Waals surface area contributed by atoms with Crippen LogP contribution in [0.15, 0.2) is 0 Å². The highest BCUT2D eigenvalue weighted by Crippen LogP contribution is 2.43. The molecular weight excluding hydrogens is 240 g/mol. The Labute approximate surface area is 105 Å². The maximum Gasteiger partial charge on any atom is 0.190 e. The monoisotopic (exact) mass is 258 g/mol. The fraction of sp³-hybridized carbons (Fsp3) is 0.917. The number of hydrogen-bond acceptors (Lipinski definition) is 6. The minimum absolute atomic E-state index is 0.351. The van der Waals surface area contributed by atoms with E-state index in [4.69, 9.17) is 23.7 Å². The minimum atomic E-state index is -0.745. The molecule has 5 atom stereocenters. The van der Waals surface area contributed by atoms with E-state index in [1.54, 1.807) is 13.8 Å². The van der Waals surface area contributed by atoms with Gasteiger partial charge >= 0.3 is 0 Å². The van der Waals surface area contributed by atoms with Gasteiger partial charge in [0, 0.05) is 0 Å². The van der Waals surface area contributed by atoms with Crippen LogP contribution in [0.4, 0.5) is 0 Å². The zero-order chi connectivity index (χ0) is 13.1. The fourth-order valence-corrected chi connectivity index (χ4v) is 2.75. The highest BCUT2D eigenvalue weighted by atomic mass is 16.9. The van der Waals surface area contributed by atoms with Gasteiger partial charge in [-0.1, -0.05) is 0 Å². The lowest BCUT2D eigenvalue weighted by molar-refractivity contribution is -0.226. The number of carbonyl (C=O) groups excluding carboxylic acids is 1. The summed E-state index contributed by atoms with van der Waals surface area (Å²) in [6.45, 7) is 7.23. The van der Waals surface area contributed by atoms with Gasteiger partial charge in [0.05, 0.1) is 0 Å². The topological polar surface area (TPSA) is 63.2 Å². The van der Waals surface area contributed by atoms with Gasteiger partial charge < -0.3 is 28.5 Å². The molecule has 0 saturated carbocycles. The highest BCUT2D eigenvalue weighted by molar-refractivity contribution is 5.58. The number of rotatable bonds is 1. The van der Waals surface area contributed by atoms with Crippen molar-refractivity contribution in [2.24, 2.45) is 0 Å². The molecule has 102 valence electrons. The molecule has 3 saturated heterocycles. The van der Waals surface area contributed by atoms with Crippen LogP contribution in [0.25, 0.3) is 0 Å². The summed E-state index contributed by atoms with van der Waals surface area (Å²) in [5, 5.41) is 0. The van der Waals surface area contributed by atoms with Gasteiger partial charge in [-0.15, -0.1) is 0 Å². The summed E-state index contributed by atoms with van der Waals surface area (Å²) in [6, 6.07) is 0. The van der Waals surface area contributed by atoms with Crippen molar-refractivity contribution in [3.63, 3.8) is 0 Å². The number of hydrogen-bond donors (Lipinski definition) is 0. The highest BCUT2D eigenvalue weighted by Gasteiger charge is 2.60. The fourth-order valence-electron chi connectivity index (χ4n) is 2.75. The largest absolute Gasteiger partial charge is 0.342 e. The summed E-state index contributed by atoms with van der Waals surface area (Å²) in [7, 11) is 0. The molecule has 0 spiro atoms. The third kappa shape index (κ3) is 1.88. The van der Waals surface area contributed by atoms with Crippen molar-refractivity contribution >= 4 is 6.29 Å². The Morgan fingerprint density at radius 3 is 2.06 bits per heavy atom. The molecule has 0 aromatic carbocycles. The molecule has 3 aliphatic rings. The van der Waals surface area contributed by atoms with Gasteiger partial charge in [0.25, 0.3) is 0 Å². The van der Waals surface area contributed by atoms with Gasteiger partial charge in [-0.3, -0.25) is 0 Å². The average Bonchev–Trinajstić information content (AvgIpc) is 2.71. The summed E-state index contributed by atoms with van der Waals surface area (Å²) in [6.07, 6.45) is -1.72. The standard InChI is InChI=1S/C12H18O6/c1-11(2)15-7-6(5-13)14-10-9(8(7)16-11)17-12(3,4)18-10/h5-10H,1-4H3/t6-,7+,8+,9-,10-/m1/s1. The SMILES string of the molecule is CC1(C)O[C@H]2[C@@H](O1)[C@@H](C=O)O[C@@H]1OC(C)(C)O[C@@H]12. The Morgan fingerprint density at radius 2 is 1.39 bits per heavy atom. The predicted octanol–water partition coefficient (Wildman–Crippen LogP) is 0.582. The van der Waals surface area contributed by atoms with Crippen LogP contribution in [0, 0.1) is 0 Å². The van der Waals surface area contributed by atoms with E-state index >= 15 is 0 Å². The lowest BCUT2D eigenvalue weighted by Gasteiger charge is -2.34. The van der Waals surface area contributed by atoms with E-state index in [9.17, 15) is 4.79 Å². The van der Waals surface area contributed by atoms with Crippen molar-refractivity contribution in [2.75, 3.05) is 0 Å². The van der Waals surface area contributed by atoms with Gasteiger partial charge in [-0.2, -0.15) is 0 Å². The molecule has 6 heteroatoms. The number of ether oxygens (including phenoxy) is 5. The van der Waals surface area contributed by atoms with Crippen LogP contribution in [0.3, 0.4) is 0 Å². The summed E-state index contributed by atoms with van der Waals surface area (Å²) < 4.78 is 28.5. The third-order valence-electron chi connectivity index (χ3n) is 3.32. The van der Waals surface area contributed by atoms with Crippen molar-refractivity contribution in [3.8, 4) is 0 Å². The van der Waals surface area contributed by atoms with Crippen molar-refractivity contribution in [1.82, 2.24) is 0 Å². The molecule has 0 unspecified atom stereocenters. The van der Waals surface area contributed by atoms with E-state index in [1.807, 2.05) is 13.8 Å². The molecule has 0 aliphatic carbocycles. The Hall–Kier alpha value is -0.530. The maximum absolute atomic E-state index is 11.1. The van der Waals surface area contributed by atoms with Crippen LogP contribution in [0.5, 0.6) is 0 Å². The van der Waals surface area contributed by atoms with Crippen LogP contribution < -0.4 is 0 Å². The molecule has 3 fully saturated rings. The summed E-state index contributed by atoms with van der Waals surface area (Å²) in [4.78, 5) is 11.1. The zero-order valence-electron chi connectivity index (χ0n) is 10.9. The average molecular weight is 258 g/mol. The normalized spacial score (nSPS) is 48.6. The van der Waals surface area contributed by atoms with Gasteiger partial charge in [0.15, 0.2) is 24.2 Å². The zero-order valence-corrected chi connectivity index (χ0v) is 10.9. The van der Waals surface area contributed by atoms with Crippen LogP contribution in [0.1, 0.15) is 27.7 Å². The first-order chi connectivity index (χ1) is 8.31. The Kier molecular flexibility index (Phi) is 2.60. The first-order valence-electron chi connectivity index (χ1n) is 6.13. The second-order valence-corrected chi connectivity index (χ2v) is 5.77. The minimum Gasteiger partial charge on any atom is -0.342 e. The molecule has 3 rings (SSSR count). The Morgan fingerprint density at radius 1 is 0.833 bits per heavy atom. The van der Waals surface area contributed by atoms with Gasteiger partial charge in [0.1, 0.15) is 24.4 Å². The van der Waals surface area contributed by atoms with Crippen LogP contribution >= 0.6 is 0 Å². The van der Waals surface area contributed by atoms with E-state index < -0.39 is 30.1 Å². The van der Waals surface area contributed by atoms with Crippen LogP contribution in [0.2, 0.25) is 0 Å². The maximum atomic E-state index is 11.1. The van der Waals surface area contributed by atoms with Crippen LogP contribution in [-0.2, 0) is 28.5 Å². The summed E-state index contributed by atoms with van der Waals surface area (Å²) >= 11 is 0. The molecule has 0 amide bonds. The third-order valence-corrected chi connectivity index (χ3v) is 3.32. The molecule has 18 heavy (non-hydrogen) atoms. The van der Waals surface area contributed by atoms with Gasteiger partial charge in [-0.25, -0.2) is 0 Å². The van der Waals surface area contributed by atoms with Gasteiger partial charge in [-0.05, 0) is 27.7 Å². The van der Waals surface area contributed by atoms with E-state index in [0.29, 0.717) is 0 Å². The molecule has 0 aromatic heterocycles. The molecular formula is C12H18O6.